The SMILES string of the molecule is O=C(O)OCCC(F)C(F)F. The zero-order valence-electron chi connectivity index (χ0n) is 5.47. The van der Waals surface area contributed by atoms with Gasteiger partial charge in [0.1, 0.15) is 0 Å². The molecule has 0 aliphatic carbocycles. The minimum Gasteiger partial charge on any atom is -0.450 e. The highest BCUT2D eigenvalue weighted by atomic mass is 19.3. The second kappa shape index (κ2) is 4.81. The van der Waals surface area contributed by atoms with E-state index >= 15 is 0 Å². The Bertz CT molecular complexity index is 128. The van der Waals surface area contributed by atoms with Gasteiger partial charge in [0, 0.05) is 6.42 Å². The van der Waals surface area contributed by atoms with Crippen LogP contribution in [0.5, 0.6) is 0 Å². The van der Waals surface area contributed by atoms with Crippen molar-refractivity contribution in [3.63, 3.8) is 0 Å². The molecule has 1 atom stereocenters. The van der Waals surface area contributed by atoms with Crippen molar-refractivity contribution in [2.24, 2.45) is 0 Å². The monoisotopic (exact) mass is 172 g/mol. The number of hydrogen-bond donors (Lipinski definition) is 1. The molecule has 0 rings (SSSR count). The van der Waals surface area contributed by atoms with Gasteiger partial charge < -0.3 is 9.84 Å². The van der Waals surface area contributed by atoms with Crippen molar-refractivity contribution in [1.29, 1.82) is 0 Å². The van der Waals surface area contributed by atoms with Crippen molar-refractivity contribution in [1.82, 2.24) is 0 Å². The lowest BCUT2D eigenvalue weighted by Crippen LogP contribution is -2.15. The fourth-order valence-corrected chi connectivity index (χ4v) is 0.385. The molecule has 1 N–H and O–H groups in total. The Labute approximate surface area is 60.8 Å². The van der Waals surface area contributed by atoms with Crippen molar-refractivity contribution in [2.45, 2.75) is 19.0 Å². The fraction of sp³-hybridized carbons (Fsp3) is 0.800. The third-order valence-electron chi connectivity index (χ3n) is 0.893. The molecule has 0 bridgehead atoms. The summed E-state index contributed by atoms with van der Waals surface area (Å²) in [4.78, 5) is 9.62. The lowest BCUT2D eigenvalue weighted by atomic mass is 10.3. The summed E-state index contributed by atoms with van der Waals surface area (Å²) in [6, 6.07) is 0. The second-order valence-electron chi connectivity index (χ2n) is 1.75. The summed E-state index contributed by atoms with van der Waals surface area (Å²) in [5.74, 6) is 0. The van der Waals surface area contributed by atoms with Crippen molar-refractivity contribution in [2.75, 3.05) is 6.61 Å². The molecule has 0 aromatic carbocycles. The van der Waals surface area contributed by atoms with Crippen LogP contribution >= 0.6 is 0 Å². The van der Waals surface area contributed by atoms with Crippen LogP contribution in [0.15, 0.2) is 0 Å². The van der Waals surface area contributed by atoms with Crippen molar-refractivity contribution >= 4 is 6.16 Å². The maximum atomic E-state index is 12.0. The molecule has 0 aromatic rings. The topological polar surface area (TPSA) is 46.5 Å². The summed E-state index contributed by atoms with van der Waals surface area (Å²) >= 11 is 0. The first-order valence-corrected chi connectivity index (χ1v) is 2.82. The van der Waals surface area contributed by atoms with E-state index < -0.39 is 31.8 Å². The molecule has 1 unspecified atom stereocenters. The highest BCUT2D eigenvalue weighted by molar-refractivity contribution is 5.56. The van der Waals surface area contributed by atoms with E-state index in [4.69, 9.17) is 5.11 Å². The minimum absolute atomic E-state index is 0.541. The predicted octanol–water partition coefficient (Wildman–Crippen LogP) is 1.67. The van der Waals surface area contributed by atoms with Gasteiger partial charge in [0.2, 0.25) is 0 Å². The summed E-state index contributed by atoms with van der Waals surface area (Å²) in [6.07, 6.45) is -7.59. The van der Waals surface area contributed by atoms with Gasteiger partial charge >= 0.3 is 6.16 Å². The lowest BCUT2D eigenvalue weighted by Gasteiger charge is -2.04. The Morgan fingerprint density at radius 2 is 2.00 bits per heavy atom. The summed E-state index contributed by atoms with van der Waals surface area (Å²) < 4.78 is 38.5. The van der Waals surface area contributed by atoms with Gasteiger partial charge in [-0.2, -0.15) is 0 Å². The fourth-order valence-electron chi connectivity index (χ4n) is 0.385. The van der Waals surface area contributed by atoms with Crippen molar-refractivity contribution < 1.29 is 27.8 Å². The maximum absolute atomic E-state index is 12.0. The molecule has 0 aromatic heterocycles. The van der Waals surface area contributed by atoms with Gasteiger partial charge in [0.25, 0.3) is 6.43 Å². The van der Waals surface area contributed by atoms with Crippen LogP contribution < -0.4 is 0 Å². The van der Waals surface area contributed by atoms with Crippen LogP contribution in [0.1, 0.15) is 6.42 Å². The van der Waals surface area contributed by atoms with Crippen molar-refractivity contribution in [3.05, 3.63) is 0 Å². The third-order valence-corrected chi connectivity index (χ3v) is 0.893. The molecule has 0 spiro atoms. The highest BCUT2D eigenvalue weighted by Gasteiger charge is 2.18. The Hall–Kier alpha value is -0.940. The molecule has 3 nitrogen and oxygen atoms in total. The number of rotatable bonds is 4. The van der Waals surface area contributed by atoms with E-state index in [1.807, 2.05) is 0 Å². The highest BCUT2D eigenvalue weighted by Crippen LogP contribution is 2.08. The first-order chi connectivity index (χ1) is 5.04. The molecule has 0 aliphatic rings. The predicted molar refractivity (Wildman–Crippen MR) is 29.5 cm³/mol. The normalized spacial score (nSPS) is 13.1. The van der Waals surface area contributed by atoms with E-state index in [1.54, 1.807) is 0 Å². The number of carbonyl (C=O) groups is 1. The largest absolute Gasteiger partial charge is 0.505 e. The number of halogens is 3. The standard InChI is InChI=1S/C5H7F3O3/c6-3(4(7)8)1-2-11-5(9)10/h3-4H,1-2H2,(H,9,10). The van der Waals surface area contributed by atoms with Gasteiger partial charge in [-0.25, -0.2) is 18.0 Å². The molecular formula is C5H7F3O3. The van der Waals surface area contributed by atoms with E-state index in [1.165, 1.54) is 0 Å². The van der Waals surface area contributed by atoms with E-state index in [9.17, 15) is 18.0 Å². The van der Waals surface area contributed by atoms with Crippen LogP contribution in [-0.4, -0.2) is 30.5 Å². The molecule has 66 valence electrons. The summed E-state index contributed by atoms with van der Waals surface area (Å²) in [5.41, 5.74) is 0. The van der Waals surface area contributed by atoms with E-state index in [0.29, 0.717) is 0 Å². The average Bonchev–Trinajstić information content (AvgIpc) is 1.86. The molecule has 11 heavy (non-hydrogen) atoms. The van der Waals surface area contributed by atoms with Gasteiger partial charge in [-0.3, -0.25) is 0 Å². The maximum Gasteiger partial charge on any atom is 0.505 e. The van der Waals surface area contributed by atoms with Crippen LogP contribution in [0.25, 0.3) is 0 Å². The molecule has 0 fully saturated rings. The Kier molecular flexibility index (Phi) is 4.40. The van der Waals surface area contributed by atoms with E-state index in [0.717, 1.165) is 0 Å². The molecular weight excluding hydrogens is 165 g/mol. The first kappa shape index (κ1) is 10.1. The third kappa shape index (κ3) is 5.50. The molecule has 6 heteroatoms. The zero-order valence-corrected chi connectivity index (χ0v) is 5.47. The van der Waals surface area contributed by atoms with Gasteiger partial charge in [-0.1, -0.05) is 0 Å². The quantitative estimate of drug-likeness (QED) is 0.656. The minimum atomic E-state index is -3.08. The number of hydrogen-bond acceptors (Lipinski definition) is 2. The second-order valence-corrected chi connectivity index (χ2v) is 1.75. The molecule has 0 amide bonds. The van der Waals surface area contributed by atoms with Gasteiger partial charge in [-0.15, -0.1) is 0 Å². The smallest absolute Gasteiger partial charge is 0.450 e. The Balaban J connectivity index is 3.31. The van der Waals surface area contributed by atoms with Gasteiger partial charge in [0.15, 0.2) is 6.17 Å². The van der Waals surface area contributed by atoms with E-state index in [2.05, 4.69) is 4.74 Å². The van der Waals surface area contributed by atoms with Crippen LogP contribution in [0, 0.1) is 0 Å². The summed E-state index contributed by atoms with van der Waals surface area (Å²) in [7, 11) is 0. The van der Waals surface area contributed by atoms with Crippen LogP contribution in [0.2, 0.25) is 0 Å². The van der Waals surface area contributed by atoms with E-state index in [-0.39, 0.29) is 0 Å². The number of alkyl halides is 3. The molecule has 0 heterocycles. The molecule has 0 radical (unpaired) electrons. The van der Waals surface area contributed by atoms with Gasteiger partial charge in [0.05, 0.1) is 6.61 Å². The zero-order chi connectivity index (χ0) is 8.85. The summed E-state index contributed by atoms with van der Waals surface area (Å²) in [6.45, 7) is -0.541. The number of ether oxygens (including phenoxy) is 1. The van der Waals surface area contributed by atoms with Crippen LogP contribution in [0.3, 0.4) is 0 Å². The van der Waals surface area contributed by atoms with Crippen molar-refractivity contribution in [3.8, 4) is 0 Å². The Morgan fingerprint density at radius 1 is 1.45 bits per heavy atom. The van der Waals surface area contributed by atoms with Crippen LogP contribution in [-0.2, 0) is 4.74 Å². The molecule has 0 saturated heterocycles. The van der Waals surface area contributed by atoms with Gasteiger partial charge in [-0.05, 0) is 0 Å². The Morgan fingerprint density at radius 3 is 2.36 bits per heavy atom. The first-order valence-electron chi connectivity index (χ1n) is 2.82. The number of carboxylic acid groups (broad SMARTS) is 1. The lowest BCUT2D eigenvalue weighted by molar-refractivity contribution is 0.0256. The van der Waals surface area contributed by atoms with Crippen LogP contribution in [0.4, 0.5) is 18.0 Å². The molecule has 0 saturated carbocycles. The average molecular weight is 172 g/mol. The molecule has 0 aliphatic heterocycles. The summed E-state index contributed by atoms with van der Waals surface area (Å²) in [5, 5.41) is 7.83.